The molecule has 0 aliphatic carbocycles. The first-order valence-electron chi connectivity index (χ1n) is 7.62. The molecular weight excluding hydrogens is 310 g/mol. The van der Waals surface area contributed by atoms with Crippen molar-refractivity contribution in [2.24, 2.45) is 0 Å². The highest BCUT2D eigenvalue weighted by Gasteiger charge is 2.16. The largest absolute Gasteiger partial charge is 0.454 e. The van der Waals surface area contributed by atoms with Crippen LogP contribution in [0.4, 0.5) is 5.69 Å². The standard InChI is InChI=1S/C17H17N3O4/c1-2-6-19-16(21)11-5-7-18-13(8-11)17(22)20-12-3-4-14-15(9-12)24-10-23-14/h3-5,7-9H,2,6,10H2,1H3,(H,19,21)(H,20,22). The van der Waals surface area contributed by atoms with E-state index >= 15 is 0 Å². The lowest BCUT2D eigenvalue weighted by Gasteiger charge is -2.07. The third-order valence-electron chi connectivity index (χ3n) is 3.42. The average Bonchev–Trinajstić information content (AvgIpc) is 3.07. The predicted molar refractivity (Wildman–Crippen MR) is 87.4 cm³/mol. The van der Waals surface area contributed by atoms with Gasteiger partial charge in [-0.25, -0.2) is 0 Å². The highest BCUT2D eigenvalue weighted by atomic mass is 16.7. The summed E-state index contributed by atoms with van der Waals surface area (Å²) in [7, 11) is 0. The van der Waals surface area contributed by atoms with E-state index in [-0.39, 0.29) is 18.4 Å². The van der Waals surface area contributed by atoms with Gasteiger partial charge in [0, 0.05) is 30.1 Å². The summed E-state index contributed by atoms with van der Waals surface area (Å²) in [6.07, 6.45) is 2.28. The molecule has 7 heteroatoms. The molecular formula is C17H17N3O4. The van der Waals surface area contributed by atoms with E-state index in [1.807, 2.05) is 6.92 Å². The summed E-state index contributed by atoms with van der Waals surface area (Å²) in [6, 6.07) is 8.15. The molecule has 0 unspecified atom stereocenters. The molecule has 2 heterocycles. The number of fused-ring (bicyclic) bond motifs is 1. The summed E-state index contributed by atoms with van der Waals surface area (Å²) in [6.45, 7) is 2.72. The first-order valence-corrected chi connectivity index (χ1v) is 7.62. The number of nitrogens with one attached hydrogen (secondary N) is 2. The number of hydrogen-bond donors (Lipinski definition) is 2. The number of aromatic nitrogens is 1. The van der Waals surface area contributed by atoms with Gasteiger partial charge in [0.15, 0.2) is 11.5 Å². The maximum Gasteiger partial charge on any atom is 0.274 e. The lowest BCUT2D eigenvalue weighted by molar-refractivity contribution is 0.0953. The van der Waals surface area contributed by atoms with Gasteiger partial charge in [0.1, 0.15) is 5.69 Å². The smallest absolute Gasteiger partial charge is 0.274 e. The molecule has 1 aromatic carbocycles. The van der Waals surface area contributed by atoms with Gasteiger partial charge in [0.05, 0.1) is 0 Å². The third kappa shape index (κ3) is 3.45. The summed E-state index contributed by atoms with van der Waals surface area (Å²) < 4.78 is 10.5. The van der Waals surface area contributed by atoms with Crippen LogP contribution in [0.3, 0.4) is 0 Å². The molecule has 0 bridgehead atoms. The Morgan fingerprint density at radius 2 is 1.96 bits per heavy atom. The van der Waals surface area contributed by atoms with Crippen molar-refractivity contribution in [1.29, 1.82) is 0 Å². The van der Waals surface area contributed by atoms with Gasteiger partial charge in [0.25, 0.3) is 11.8 Å². The maximum absolute atomic E-state index is 12.3. The number of pyridine rings is 1. The molecule has 1 aliphatic heterocycles. The zero-order valence-electron chi connectivity index (χ0n) is 13.2. The van der Waals surface area contributed by atoms with Gasteiger partial charge in [-0.3, -0.25) is 14.6 Å². The van der Waals surface area contributed by atoms with E-state index in [1.165, 1.54) is 12.3 Å². The SMILES string of the molecule is CCCNC(=O)c1ccnc(C(=O)Nc2ccc3c(c2)OCO3)c1. The topological polar surface area (TPSA) is 89.6 Å². The van der Waals surface area contributed by atoms with Crippen LogP contribution in [0, 0.1) is 0 Å². The number of amides is 2. The molecule has 0 fully saturated rings. The molecule has 3 rings (SSSR count). The van der Waals surface area contributed by atoms with Gasteiger partial charge < -0.3 is 20.1 Å². The minimum atomic E-state index is -0.404. The van der Waals surface area contributed by atoms with Gasteiger partial charge in [-0.15, -0.1) is 0 Å². The monoisotopic (exact) mass is 327 g/mol. The summed E-state index contributed by atoms with van der Waals surface area (Å²) in [5, 5.41) is 5.49. The van der Waals surface area contributed by atoms with Crippen LogP contribution in [0.15, 0.2) is 36.5 Å². The van der Waals surface area contributed by atoms with E-state index < -0.39 is 5.91 Å². The first-order chi connectivity index (χ1) is 11.7. The normalized spacial score (nSPS) is 11.9. The molecule has 1 aliphatic rings. The molecule has 2 aromatic rings. The highest BCUT2D eigenvalue weighted by molar-refractivity contribution is 6.04. The summed E-state index contributed by atoms with van der Waals surface area (Å²) >= 11 is 0. The second-order valence-electron chi connectivity index (χ2n) is 5.21. The van der Waals surface area contributed by atoms with E-state index in [0.29, 0.717) is 29.3 Å². The van der Waals surface area contributed by atoms with E-state index in [1.54, 1.807) is 24.3 Å². The minimum Gasteiger partial charge on any atom is -0.454 e. The van der Waals surface area contributed by atoms with Crippen LogP contribution in [0.2, 0.25) is 0 Å². The number of hydrogen-bond acceptors (Lipinski definition) is 5. The van der Waals surface area contributed by atoms with Crippen LogP contribution in [0.25, 0.3) is 0 Å². The van der Waals surface area contributed by atoms with Crippen molar-refractivity contribution in [3.05, 3.63) is 47.8 Å². The van der Waals surface area contributed by atoms with E-state index in [9.17, 15) is 9.59 Å². The van der Waals surface area contributed by atoms with Gasteiger partial charge in [-0.2, -0.15) is 0 Å². The van der Waals surface area contributed by atoms with E-state index in [2.05, 4.69) is 15.6 Å². The molecule has 7 nitrogen and oxygen atoms in total. The molecule has 24 heavy (non-hydrogen) atoms. The van der Waals surface area contributed by atoms with Gasteiger partial charge in [0.2, 0.25) is 6.79 Å². The molecule has 124 valence electrons. The van der Waals surface area contributed by atoms with Crippen LogP contribution in [-0.2, 0) is 0 Å². The first kappa shape index (κ1) is 15.8. The van der Waals surface area contributed by atoms with E-state index in [0.717, 1.165) is 6.42 Å². The zero-order valence-corrected chi connectivity index (χ0v) is 13.2. The Kier molecular flexibility index (Phi) is 4.60. The van der Waals surface area contributed by atoms with Crippen molar-refractivity contribution in [1.82, 2.24) is 10.3 Å². The Balaban J connectivity index is 1.72. The molecule has 2 N–H and O–H groups in total. The molecule has 2 amide bonds. The molecule has 0 saturated carbocycles. The minimum absolute atomic E-state index is 0.164. The van der Waals surface area contributed by atoms with Crippen LogP contribution in [0.1, 0.15) is 34.2 Å². The average molecular weight is 327 g/mol. The number of ether oxygens (including phenoxy) is 2. The van der Waals surface area contributed by atoms with Gasteiger partial charge >= 0.3 is 0 Å². The lowest BCUT2D eigenvalue weighted by atomic mass is 10.2. The van der Waals surface area contributed by atoms with Gasteiger partial charge in [-0.05, 0) is 30.7 Å². The maximum atomic E-state index is 12.3. The molecule has 0 saturated heterocycles. The van der Waals surface area contributed by atoms with Crippen molar-refractivity contribution in [2.75, 3.05) is 18.7 Å². The second-order valence-corrected chi connectivity index (χ2v) is 5.21. The Labute approximate surface area is 139 Å². The van der Waals surface area contributed by atoms with E-state index in [4.69, 9.17) is 9.47 Å². The molecule has 1 aromatic heterocycles. The highest BCUT2D eigenvalue weighted by Crippen LogP contribution is 2.34. The lowest BCUT2D eigenvalue weighted by Crippen LogP contribution is -2.24. The molecule has 0 spiro atoms. The third-order valence-corrected chi connectivity index (χ3v) is 3.42. The van der Waals surface area contributed by atoms with Crippen molar-refractivity contribution in [3.8, 4) is 11.5 Å². The number of nitrogens with zero attached hydrogens (tertiary/aromatic N) is 1. The van der Waals surface area contributed by atoms with Crippen LogP contribution in [0.5, 0.6) is 11.5 Å². The number of anilines is 1. The summed E-state index contributed by atoms with van der Waals surface area (Å²) in [4.78, 5) is 28.3. The Hall–Kier alpha value is -3.09. The van der Waals surface area contributed by atoms with Crippen LogP contribution < -0.4 is 20.1 Å². The molecule has 0 atom stereocenters. The fourth-order valence-electron chi connectivity index (χ4n) is 2.21. The van der Waals surface area contributed by atoms with Crippen molar-refractivity contribution < 1.29 is 19.1 Å². The van der Waals surface area contributed by atoms with Gasteiger partial charge in [-0.1, -0.05) is 6.92 Å². The number of carbonyl (C=O) groups is 2. The summed E-state index contributed by atoms with van der Waals surface area (Å²) in [5.41, 5.74) is 1.12. The Morgan fingerprint density at radius 3 is 2.79 bits per heavy atom. The van der Waals surface area contributed by atoms with Crippen molar-refractivity contribution in [3.63, 3.8) is 0 Å². The quantitative estimate of drug-likeness (QED) is 0.879. The fourth-order valence-corrected chi connectivity index (χ4v) is 2.21. The van der Waals surface area contributed by atoms with Crippen molar-refractivity contribution >= 4 is 17.5 Å². The number of rotatable bonds is 5. The zero-order chi connectivity index (χ0) is 16.9. The fraction of sp³-hybridized carbons (Fsp3) is 0.235. The predicted octanol–water partition coefficient (Wildman–Crippen LogP) is 2.20. The van der Waals surface area contributed by atoms with Crippen LogP contribution in [-0.4, -0.2) is 30.1 Å². The summed E-state index contributed by atoms with van der Waals surface area (Å²) in [5.74, 6) is 0.588. The van der Waals surface area contributed by atoms with Crippen LogP contribution >= 0.6 is 0 Å². The second kappa shape index (κ2) is 6.99. The number of carbonyl (C=O) groups excluding carboxylic acids is 2. The Morgan fingerprint density at radius 1 is 1.12 bits per heavy atom. The molecule has 0 radical (unpaired) electrons. The van der Waals surface area contributed by atoms with Crippen molar-refractivity contribution in [2.45, 2.75) is 13.3 Å². The Bertz CT molecular complexity index is 776. The number of benzene rings is 1.